The lowest BCUT2D eigenvalue weighted by Gasteiger charge is -2.18. The highest BCUT2D eigenvalue weighted by molar-refractivity contribution is 5.71. The number of hydrogen-bond donors (Lipinski definition) is 0. The van der Waals surface area contributed by atoms with Gasteiger partial charge >= 0.3 is 17.9 Å². The fraction of sp³-hybridized carbons (Fsp3) is 0.866. The van der Waals surface area contributed by atoms with Crippen molar-refractivity contribution in [3.8, 4) is 0 Å². The predicted molar refractivity (Wildman–Crippen MR) is 316 cm³/mol. The van der Waals surface area contributed by atoms with Gasteiger partial charge in [0.05, 0.1) is 0 Å². The highest BCUT2D eigenvalue weighted by Crippen LogP contribution is 2.18. The zero-order valence-electron chi connectivity index (χ0n) is 49.2. The summed E-state index contributed by atoms with van der Waals surface area (Å²) in [6.07, 6.45) is 76.0. The Hall–Kier alpha value is -2.37. The maximum absolute atomic E-state index is 12.9. The molecule has 0 saturated carbocycles. The number of esters is 3. The van der Waals surface area contributed by atoms with Crippen LogP contribution in [0.25, 0.3) is 0 Å². The third-order valence-electron chi connectivity index (χ3n) is 14.7. The largest absolute Gasteiger partial charge is 0.462 e. The Morgan fingerprint density at radius 3 is 0.836 bits per heavy atom. The predicted octanol–water partition coefficient (Wildman–Crippen LogP) is 22.0. The van der Waals surface area contributed by atoms with Crippen molar-refractivity contribution in [2.45, 2.75) is 361 Å². The highest BCUT2D eigenvalue weighted by atomic mass is 16.6. The van der Waals surface area contributed by atoms with E-state index >= 15 is 0 Å². The standard InChI is InChI=1S/C67H124O6/c1-4-7-10-13-16-19-22-25-27-28-29-30-31-32-33-34-35-36-37-38-40-42-45-48-51-54-57-60-66(69)72-63-64(62-71-65(68)59-56-53-50-47-44-41-24-21-18-15-12-9-6-3)73-67(70)61-58-55-52-49-46-43-39-26-23-20-17-14-11-8-5-2/h8,11,17,20,26,39,64H,4-7,9-10,12-16,18-19,21-25,27-38,40-63H2,1-3H3/b11-8-,20-17-,39-26-. The van der Waals surface area contributed by atoms with E-state index in [-0.39, 0.29) is 31.1 Å². The molecule has 0 heterocycles. The summed E-state index contributed by atoms with van der Waals surface area (Å²) >= 11 is 0. The van der Waals surface area contributed by atoms with Crippen LogP contribution < -0.4 is 0 Å². The minimum atomic E-state index is -0.778. The smallest absolute Gasteiger partial charge is 0.306 e. The first-order valence-corrected chi connectivity index (χ1v) is 32.5. The van der Waals surface area contributed by atoms with E-state index < -0.39 is 6.10 Å². The Bertz CT molecular complexity index is 1220. The van der Waals surface area contributed by atoms with Gasteiger partial charge < -0.3 is 14.2 Å². The van der Waals surface area contributed by atoms with Gasteiger partial charge in [0.1, 0.15) is 13.2 Å². The maximum atomic E-state index is 12.9. The normalized spacial score (nSPS) is 12.2. The molecule has 0 rings (SSSR count). The second-order valence-corrected chi connectivity index (χ2v) is 22.0. The monoisotopic (exact) mass is 1020 g/mol. The average Bonchev–Trinajstić information content (AvgIpc) is 3.39. The molecule has 1 unspecified atom stereocenters. The van der Waals surface area contributed by atoms with Crippen LogP contribution in [0.4, 0.5) is 0 Å². The molecule has 73 heavy (non-hydrogen) atoms. The zero-order valence-corrected chi connectivity index (χ0v) is 49.2. The van der Waals surface area contributed by atoms with E-state index in [1.807, 2.05) is 0 Å². The molecule has 0 aromatic heterocycles. The third-order valence-corrected chi connectivity index (χ3v) is 14.7. The minimum absolute atomic E-state index is 0.0741. The van der Waals surface area contributed by atoms with Gasteiger partial charge in [-0.15, -0.1) is 0 Å². The summed E-state index contributed by atoms with van der Waals surface area (Å²) in [6.45, 7) is 6.57. The van der Waals surface area contributed by atoms with Gasteiger partial charge in [0.2, 0.25) is 0 Å². The molecule has 0 saturated heterocycles. The lowest BCUT2D eigenvalue weighted by molar-refractivity contribution is -0.167. The minimum Gasteiger partial charge on any atom is -0.462 e. The summed E-state index contributed by atoms with van der Waals surface area (Å²) in [5.41, 5.74) is 0. The molecule has 6 nitrogen and oxygen atoms in total. The van der Waals surface area contributed by atoms with Crippen LogP contribution in [0.15, 0.2) is 36.5 Å². The number of carbonyl (C=O) groups excluding carboxylic acids is 3. The van der Waals surface area contributed by atoms with Crippen molar-refractivity contribution in [2.75, 3.05) is 13.2 Å². The molecule has 0 N–H and O–H groups in total. The van der Waals surface area contributed by atoms with Gasteiger partial charge in [-0.2, -0.15) is 0 Å². The molecular formula is C67H124O6. The Balaban J connectivity index is 4.18. The van der Waals surface area contributed by atoms with Crippen molar-refractivity contribution in [3.05, 3.63) is 36.5 Å². The number of hydrogen-bond acceptors (Lipinski definition) is 6. The Kier molecular flexibility index (Phi) is 60.2. The van der Waals surface area contributed by atoms with E-state index in [0.29, 0.717) is 19.3 Å². The summed E-state index contributed by atoms with van der Waals surface area (Å²) in [5.74, 6) is -0.868. The van der Waals surface area contributed by atoms with E-state index in [9.17, 15) is 14.4 Å². The number of ether oxygens (including phenoxy) is 3. The highest BCUT2D eigenvalue weighted by Gasteiger charge is 2.19. The zero-order chi connectivity index (χ0) is 52.9. The number of allylic oxidation sites excluding steroid dienone is 6. The van der Waals surface area contributed by atoms with Crippen molar-refractivity contribution in [2.24, 2.45) is 0 Å². The summed E-state index contributed by atoms with van der Waals surface area (Å²) in [6, 6.07) is 0. The summed E-state index contributed by atoms with van der Waals surface area (Å²) < 4.78 is 16.9. The number of rotatable bonds is 60. The van der Waals surface area contributed by atoms with Crippen LogP contribution in [0, 0.1) is 0 Å². The molecule has 0 radical (unpaired) electrons. The van der Waals surface area contributed by atoms with Crippen molar-refractivity contribution in [1.29, 1.82) is 0 Å². The van der Waals surface area contributed by atoms with Crippen molar-refractivity contribution >= 4 is 17.9 Å². The van der Waals surface area contributed by atoms with E-state index in [4.69, 9.17) is 14.2 Å². The molecule has 0 amide bonds. The molecule has 0 aliphatic heterocycles. The summed E-state index contributed by atoms with van der Waals surface area (Å²) in [4.78, 5) is 38.2. The first-order valence-electron chi connectivity index (χ1n) is 32.5. The van der Waals surface area contributed by atoms with Gasteiger partial charge in [0.25, 0.3) is 0 Å². The van der Waals surface area contributed by atoms with Crippen LogP contribution in [0.3, 0.4) is 0 Å². The van der Waals surface area contributed by atoms with Crippen LogP contribution in [-0.2, 0) is 28.6 Å². The Morgan fingerprint density at radius 2 is 0.534 bits per heavy atom. The fourth-order valence-corrected chi connectivity index (χ4v) is 9.81. The third kappa shape index (κ3) is 60.4. The van der Waals surface area contributed by atoms with E-state index in [1.54, 1.807) is 0 Å². The molecule has 0 aromatic carbocycles. The van der Waals surface area contributed by atoms with Crippen molar-refractivity contribution in [3.63, 3.8) is 0 Å². The molecule has 0 bridgehead atoms. The molecule has 6 heteroatoms. The fourth-order valence-electron chi connectivity index (χ4n) is 9.81. The van der Waals surface area contributed by atoms with Gasteiger partial charge in [-0.25, -0.2) is 0 Å². The molecule has 0 aromatic rings. The van der Waals surface area contributed by atoms with Crippen molar-refractivity contribution < 1.29 is 28.6 Å². The van der Waals surface area contributed by atoms with Gasteiger partial charge in [-0.05, 0) is 51.4 Å². The van der Waals surface area contributed by atoms with Crippen LogP contribution in [0.2, 0.25) is 0 Å². The van der Waals surface area contributed by atoms with Gasteiger partial charge in [-0.3, -0.25) is 14.4 Å². The van der Waals surface area contributed by atoms with Crippen LogP contribution >= 0.6 is 0 Å². The molecule has 428 valence electrons. The van der Waals surface area contributed by atoms with Gasteiger partial charge in [0.15, 0.2) is 6.10 Å². The second kappa shape index (κ2) is 62.2. The molecule has 1 atom stereocenters. The Morgan fingerprint density at radius 1 is 0.288 bits per heavy atom. The van der Waals surface area contributed by atoms with E-state index in [1.165, 1.54) is 218 Å². The van der Waals surface area contributed by atoms with Gasteiger partial charge in [-0.1, -0.05) is 320 Å². The van der Waals surface area contributed by atoms with Gasteiger partial charge in [0, 0.05) is 19.3 Å². The molecule has 0 aliphatic rings. The van der Waals surface area contributed by atoms with Crippen LogP contribution in [0.1, 0.15) is 355 Å². The topological polar surface area (TPSA) is 78.9 Å². The summed E-state index contributed by atoms with van der Waals surface area (Å²) in [7, 11) is 0. The molecule has 0 spiro atoms. The van der Waals surface area contributed by atoms with Crippen LogP contribution in [0.5, 0.6) is 0 Å². The number of carbonyl (C=O) groups is 3. The van der Waals surface area contributed by atoms with E-state index in [2.05, 4.69) is 57.2 Å². The van der Waals surface area contributed by atoms with Crippen molar-refractivity contribution in [1.82, 2.24) is 0 Å². The van der Waals surface area contributed by atoms with Crippen LogP contribution in [-0.4, -0.2) is 37.2 Å². The molecule has 0 aliphatic carbocycles. The SMILES string of the molecule is CC/C=C\C/C=C\C/C=C\CCCCCCCC(=O)OC(COC(=O)CCCCCCCCCCCCCCC)COC(=O)CCCCCCCCCCCCCCCCCCCCCCCCCCCCC. The Labute approximate surface area is 455 Å². The number of unbranched alkanes of at least 4 members (excludes halogenated alkanes) is 43. The molecular weight excluding hydrogens is 901 g/mol. The van der Waals surface area contributed by atoms with E-state index in [0.717, 1.165) is 96.3 Å². The lowest BCUT2D eigenvalue weighted by Crippen LogP contribution is -2.30. The molecule has 0 fully saturated rings. The average molecular weight is 1030 g/mol. The first kappa shape index (κ1) is 70.6. The maximum Gasteiger partial charge on any atom is 0.306 e. The second-order valence-electron chi connectivity index (χ2n) is 22.0. The summed E-state index contributed by atoms with van der Waals surface area (Å²) in [5, 5.41) is 0. The quantitative estimate of drug-likeness (QED) is 0.0261. The lowest BCUT2D eigenvalue weighted by atomic mass is 10.0. The first-order chi connectivity index (χ1) is 36.0.